The van der Waals surface area contributed by atoms with Gasteiger partial charge in [-0.1, -0.05) is 0 Å². The number of aromatic amines is 2. The zero-order valence-corrected chi connectivity index (χ0v) is 10.1. The summed E-state index contributed by atoms with van der Waals surface area (Å²) < 4.78 is 0. The van der Waals surface area contributed by atoms with E-state index in [1.807, 2.05) is 0 Å². The van der Waals surface area contributed by atoms with Crippen molar-refractivity contribution in [3.05, 3.63) is 39.0 Å². The minimum absolute atomic E-state index is 0. The second-order valence-electron chi connectivity index (χ2n) is 2.31. The first-order valence-electron chi connectivity index (χ1n) is 3.35. The van der Waals surface area contributed by atoms with Gasteiger partial charge in [0.25, 0.3) is 11.1 Å². The van der Waals surface area contributed by atoms with Crippen molar-refractivity contribution < 1.29 is 51.4 Å². The number of nitrogens with one attached hydrogen (secondary N) is 2. The summed E-state index contributed by atoms with van der Waals surface area (Å²) in [5, 5.41) is 4.70. The van der Waals surface area contributed by atoms with Gasteiger partial charge in [0.2, 0.25) is 0 Å². The maximum absolute atomic E-state index is 11.1. The standard InChI is InChI=1S/C7H5N3O2.K/c11-6-4-2-1-3-8-5(4)7(12)10-9-6;/h1-3H,(H,9,11)(H,10,12);/q;+1. The summed E-state index contributed by atoms with van der Waals surface area (Å²) in [6.45, 7) is 0. The predicted octanol–water partition coefficient (Wildman–Crippen LogP) is -3.38. The van der Waals surface area contributed by atoms with Crippen LogP contribution in [0.2, 0.25) is 0 Å². The fourth-order valence-corrected chi connectivity index (χ4v) is 1.01. The molecule has 0 saturated heterocycles. The summed E-state index contributed by atoms with van der Waals surface area (Å²) in [6.07, 6.45) is 1.47. The minimum atomic E-state index is -0.384. The summed E-state index contributed by atoms with van der Waals surface area (Å²) in [5.41, 5.74) is -0.552. The van der Waals surface area contributed by atoms with Crippen LogP contribution in [0.3, 0.4) is 0 Å². The summed E-state index contributed by atoms with van der Waals surface area (Å²) in [7, 11) is 0. The van der Waals surface area contributed by atoms with Crippen molar-refractivity contribution in [2.75, 3.05) is 0 Å². The second kappa shape index (κ2) is 4.29. The summed E-state index contributed by atoms with van der Waals surface area (Å²) in [6, 6.07) is 3.16. The number of fused-ring (bicyclic) bond motifs is 1. The normalized spacial score (nSPS) is 9.54. The topological polar surface area (TPSA) is 78.6 Å². The van der Waals surface area contributed by atoms with E-state index in [2.05, 4.69) is 15.2 Å². The Bertz CT molecular complexity index is 482. The van der Waals surface area contributed by atoms with Gasteiger partial charge in [0.15, 0.2) is 0 Å². The zero-order chi connectivity index (χ0) is 8.55. The number of hydrogen-bond donors (Lipinski definition) is 2. The molecule has 2 aromatic heterocycles. The van der Waals surface area contributed by atoms with Gasteiger partial charge in [0.05, 0.1) is 5.39 Å². The zero-order valence-electron chi connectivity index (χ0n) is 7.00. The Kier molecular flexibility index (Phi) is 3.57. The van der Waals surface area contributed by atoms with E-state index in [9.17, 15) is 9.59 Å². The van der Waals surface area contributed by atoms with E-state index >= 15 is 0 Å². The van der Waals surface area contributed by atoms with E-state index in [1.165, 1.54) is 6.20 Å². The van der Waals surface area contributed by atoms with E-state index < -0.39 is 0 Å². The van der Waals surface area contributed by atoms with Crippen LogP contribution in [-0.2, 0) is 0 Å². The van der Waals surface area contributed by atoms with Crippen molar-refractivity contribution in [3.8, 4) is 0 Å². The predicted molar refractivity (Wildman–Crippen MR) is 43.0 cm³/mol. The molecular weight excluding hydrogens is 197 g/mol. The number of aromatic nitrogens is 3. The van der Waals surface area contributed by atoms with Crippen LogP contribution < -0.4 is 62.5 Å². The van der Waals surface area contributed by atoms with Crippen LogP contribution in [0.25, 0.3) is 10.9 Å². The van der Waals surface area contributed by atoms with Crippen LogP contribution in [-0.4, -0.2) is 15.2 Å². The van der Waals surface area contributed by atoms with E-state index in [0.717, 1.165) is 0 Å². The van der Waals surface area contributed by atoms with Crippen LogP contribution in [0.15, 0.2) is 27.9 Å². The SMILES string of the molecule is O=c1[nH][nH]c(=O)c2ncccc12.[K+]. The molecule has 0 aliphatic heterocycles. The van der Waals surface area contributed by atoms with Crippen molar-refractivity contribution in [2.24, 2.45) is 0 Å². The number of nitrogens with zero attached hydrogens (tertiary/aromatic N) is 1. The Morgan fingerprint density at radius 3 is 2.54 bits per heavy atom. The molecular formula is C7H5KN3O2+. The monoisotopic (exact) mass is 202 g/mol. The van der Waals surface area contributed by atoms with Crippen molar-refractivity contribution in [2.45, 2.75) is 0 Å². The molecule has 2 rings (SSSR count). The fraction of sp³-hybridized carbons (Fsp3) is 0. The summed E-state index contributed by atoms with van der Waals surface area (Å²) in [5.74, 6) is 0. The molecule has 2 heterocycles. The third-order valence-corrected chi connectivity index (χ3v) is 1.56. The van der Waals surface area contributed by atoms with Gasteiger partial charge in [-0.3, -0.25) is 24.8 Å². The Balaban J connectivity index is 0.000000845. The second-order valence-corrected chi connectivity index (χ2v) is 2.31. The smallest absolute Gasteiger partial charge is 0.267 e. The first kappa shape index (κ1) is 10.8. The third-order valence-electron chi connectivity index (χ3n) is 1.56. The first-order valence-corrected chi connectivity index (χ1v) is 3.35. The van der Waals surface area contributed by atoms with E-state index in [-0.39, 0.29) is 68.0 Å². The Hall–Kier alpha value is -0.274. The van der Waals surface area contributed by atoms with E-state index in [4.69, 9.17) is 0 Å². The third kappa shape index (κ3) is 1.97. The van der Waals surface area contributed by atoms with Crippen molar-refractivity contribution in [3.63, 3.8) is 0 Å². The molecule has 2 aromatic rings. The van der Waals surface area contributed by atoms with Crippen LogP contribution in [0.4, 0.5) is 0 Å². The molecule has 0 aliphatic rings. The average molecular weight is 202 g/mol. The summed E-state index contributed by atoms with van der Waals surface area (Å²) >= 11 is 0. The van der Waals surface area contributed by atoms with Crippen LogP contribution in [0, 0.1) is 0 Å². The van der Waals surface area contributed by atoms with E-state index in [0.29, 0.717) is 5.39 Å². The van der Waals surface area contributed by atoms with Gasteiger partial charge in [-0.2, -0.15) is 0 Å². The van der Waals surface area contributed by atoms with Crippen LogP contribution in [0.1, 0.15) is 0 Å². The van der Waals surface area contributed by atoms with Gasteiger partial charge >= 0.3 is 51.4 Å². The van der Waals surface area contributed by atoms with Gasteiger partial charge in [-0.25, -0.2) is 0 Å². The van der Waals surface area contributed by atoms with E-state index in [1.54, 1.807) is 12.1 Å². The maximum atomic E-state index is 11.1. The van der Waals surface area contributed by atoms with Gasteiger partial charge in [0, 0.05) is 6.20 Å². The molecule has 0 fully saturated rings. The molecule has 60 valence electrons. The molecule has 6 heteroatoms. The Morgan fingerprint density at radius 2 is 1.85 bits per heavy atom. The molecule has 0 radical (unpaired) electrons. The molecule has 0 aromatic carbocycles. The summed E-state index contributed by atoms with van der Waals surface area (Å²) in [4.78, 5) is 25.9. The van der Waals surface area contributed by atoms with Crippen LogP contribution in [0.5, 0.6) is 0 Å². The Labute approximate surface area is 115 Å². The molecule has 0 unspecified atom stereocenters. The van der Waals surface area contributed by atoms with Gasteiger partial charge in [-0.15, -0.1) is 0 Å². The largest absolute Gasteiger partial charge is 1.00 e. The molecule has 0 saturated carbocycles. The molecule has 5 nitrogen and oxygen atoms in total. The maximum Gasteiger partial charge on any atom is 1.00 e. The first-order chi connectivity index (χ1) is 5.79. The van der Waals surface area contributed by atoms with Crippen LogP contribution >= 0.6 is 0 Å². The van der Waals surface area contributed by atoms with Gasteiger partial charge < -0.3 is 0 Å². The fourth-order valence-electron chi connectivity index (χ4n) is 1.01. The molecule has 2 N–H and O–H groups in total. The number of rotatable bonds is 0. The molecule has 0 amide bonds. The molecule has 0 bridgehead atoms. The number of hydrogen-bond acceptors (Lipinski definition) is 3. The minimum Gasteiger partial charge on any atom is -0.267 e. The molecule has 0 aliphatic carbocycles. The molecule has 0 atom stereocenters. The molecule has 13 heavy (non-hydrogen) atoms. The quantitative estimate of drug-likeness (QED) is 0.437. The van der Waals surface area contributed by atoms with Crippen molar-refractivity contribution in [1.29, 1.82) is 0 Å². The van der Waals surface area contributed by atoms with Crippen molar-refractivity contribution in [1.82, 2.24) is 15.2 Å². The van der Waals surface area contributed by atoms with Crippen molar-refractivity contribution >= 4 is 10.9 Å². The Morgan fingerprint density at radius 1 is 1.15 bits per heavy atom. The van der Waals surface area contributed by atoms with Gasteiger partial charge in [-0.05, 0) is 12.1 Å². The van der Waals surface area contributed by atoms with Gasteiger partial charge in [0.1, 0.15) is 5.52 Å². The number of H-pyrrole nitrogens is 2. The average Bonchev–Trinajstić information content (AvgIpc) is 2.12. The molecule has 0 spiro atoms. The number of pyridine rings is 1.